The largest absolute Gasteiger partial charge is 0.392 e. The zero-order valence-corrected chi connectivity index (χ0v) is 21.5. The summed E-state index contributed by atoms with van der Waals surface area (Å²) in [4.78, 5) is 14.4. The molecule has 34 heavy (non-hydrogen) atoms. The molecule has 1 saturated carbocycles. The Morgan fingerprint density at radius 3 is 2.65 bits per heavy atom. The maximum atomic E-state index is 12.5. The zero-order chi connectivity index (χ0) is 24.8. The van der Waals surface area contributed by atoms with E-state index in [1.807, 2.05) is 56.9 Å². The maximum Gasteiger partial charge on any atom is 0.225 e. The standard InChI is InChI=1S/C29H43NO4/c1-19(2)30(20(3)4)29(33)11-12-34-18-23-14-24-17-28(32)26(27(24)16-23)10-9-25(31)15-22-8-6-7-21(5)13-22/h6-10,13-14,19-20,24-28,31-32H,11-12,15-18H2,1-5H3/b10-9+/t24-,25-,26+,27-,28+/m0/s1. The number of allylic oxidation sites excluding steroid dienone is 1. The van der Waals surface area contributed by atoms with Gasteiger partial charge in [0.25, 0.3) is 0 Å². The Morgan fingerprint density at radius 2 is 1.97 bits per heavy atom. The lowest BCUT2D eigenvalue weighted by molar-refractivity contribution is -0.135. The lowest BCUT2D eigenvalue weighted by atomic mass is 9.89. The van der Waals surface area contributed by atoms with Crippen molar-refractivity contribution in [2.24, 2.45) is 17.8 Å². The third-order valence-electron chi connectivity index (χ3n) is 7.18. The number of carbonyl (C=O) groups excluding carboxylic acids is 1. The van der Waals surface area contributed by atoms with E-state index in [9.17, 15) is 15.0 Å². The van der Waals surface area contributed by atoms with E-state index in [-0.39, 0.29) is 30.0 Å². The molecule has 5 heteroatoms. The number of ether oxygens (including phenoxy) is 1. The van der Waals surface area contributed by atoms with Crippen LogP contribution < -0.4 is 0 Å². The highest BCUT2D eigenvalue weighted by Crippen LogP contribution is 2.47. The lowest BCUT2D eigenvalue weighted by Crippen LogP contribution is -2.42. The Labute approximate surface area is 205 Å². The smallest absolute Gasteiger partial charge is 0.225 e. The fourth-order valence-electron chi connectivity index (χ4n) is 5.78. The number of benzene rings is 1. The van der Waals surface area contributed by atoms with Crippen LogP contribution in [0.4, 0.5) is 0 Å². The molecule has 2 N–H and O–H groups in total. The van der Waals surface area contributed by atoms with Gasteiger partial charge >= 0.3 is 0 Å². The third-order valence-corrected chi connectivity index (χ3v) is 7.18. The number of nitrogens with zero attached hydrogens (tertiary/aromatic N) is 1. The quantitative estimate of drug-likeness (QED) is 0.371. The molecular weight excluding hydrogens is 426 g/mol. The number of hydrogen-bond acceptors (Lipinski definition) is 4. The molecule has 0 radical (unpaired) electrons. The second kappa shape index (κ2) is 12.1. The van der Waals surface area contributed by atoms with Crippen LogP contribution in [-0.2, 0) is 16.0 Å². The molecule has 0 aromatic heterocycles. The molecule has 5 atom stereocenters. The van der Waals surface area contributed by atoms with Gasteiger partial charge in [-0.1, -0.05) is 48.1 Å². The van der Waals surface area contributed by atoms with Crippen LogP contribution in [0.2, 0.25) is 0 Å². The van der Waals surface area contributed by atoms with Crippen molar-refractivity contribution >= 4 is 5.91 Å². The minimum absolute atomic E-state index is 0.0538. The average molecular weight is 470 g/mol. The van der Waals surface area contributed by atoms with Crippen molar-refractivity contribution in [2.75, 3.05) is 13.2 Å². The summed E-state index contributed by atoms with van der Waals surface area (Å²) in [6.45, 7) is 11.2. The molecule has 2 aliphatic carbocycles. The lowest BCUT2D eigenvalue weighted by Gasteiger charge is -2.30. The summed E-state index contributed by atoms with van der Waals surface area (Å²) in [6.07, 6.45) is 7.87. The van der Waals surface area contributed by atoms with E-state index < -0.39 is 6.10 Å². The van der Waals surface area contributed by atoms with Crippen molar-refractivity contribution < 1.29 is 19.7 Å². The van der Waals surface area contributed by atoms with E-state index in [0.717, 1.165) is 18.4 Å². The summed E-state index contributed by atoms with van der Waals surface area (Å²) in [5.74, 6) is 0.907. The molecule has 0 heterocycles. The van der Waals surface area contributed by atoms with Crippen LogP contribution in [0.1, 0.15) is 58.1 Å². The molecule has 0 unspecified atom stereocenters. The van der Waals surface area contributed by atoms with Gasteiger partial charge in [-0.3, -0.25) is 4.79 Å². The van der Waals surface area contributed by atoms with Crippen molar-refractivity contribution in [1.29, 1.82) is 0 Å². The second-order valence-corrected chi connectivity index (χ2v) is 10.7. The highest BCUT2D eigenvalue weighted by molar-refractivity contribution is 5.76. The molecule has 1 aromatic rings. The Bertz CT molecular complexity index is 867. The first-order chi connectivity index (χ1) is 16.2. The van der Waals surface area contributed by atoms with Gasteiger partial charge in [0.2, 0.25) is 5.91 Å². The maximum absolute atomic E-state index is 12.5. The van der Waals surface area contributed by atoms with E-state index in [2.05, 4.69) is 25.1 Å². The van der Waals surface area contributed by atoms with Crippen LogP contribution in [0.15, 0.2) is 48.1 Å². The molecule has 1 amide bonds. The molecule has 0 saturated heterocycles. The van der Waals surface area contributed by atoms with Gasteiger partial charge in [0.15, 0.2) is 0 Å². The molecule has 188 valence electrons. The van der Waals surface area contributed by atoms with Crippen LogP contribution in [0, 0.1) is 24.7 Å². The van der Waals surface area contributed by atoms with Gasteiger partial charge in [0, 0.05) is 24.4 Å². The van der Waals surface area contributed by atoms with Gasteiger partial charge in [-0.05, 0) is 70.4 Å². The predicted molar refractivity (Wildman–Crippen MR) is 136 cm³/mol. The van der Waals surface area contributed by atoms with Crippen molar-refractivity contribution in [1.82, 2.24) is 4.90 Å². The minimum atomic E-state index is -0.556. The first-order valence-electron chi connectivity index (χ1n) is 12.8. The molecule has 1 aromatic carbocycles. The van der Waals surface area contributed by atoms with Crippen LogP contribution in [0.5, 0.6) is 0 Å². The number of rotatable bonds is 11. The van der Waals surface area contributed by atoms with Crippen LogP contribution in [0.25, 0.3) is 0 Å². The molecule has 0 bridgehead atoms. The number of fused-ring (bicyclic) bond motifs is 1. The van der Waals surface area contributed by atoms with E-state index >= 15 is 0 Å². The van der Waals surface area contributed by atoms with E-state index in [1.54, 1.807) is 0 Å². The van der Waals surface area contributed by atoms with E-state index in [4.69, 9.17) is 4.74 Å². The Morgan fingerprint density at radius 1 is 1.24 bits per heavy atom. The molecule has 5 nitrogen and oxygen atoms in total. The summed E-state index contributed by atoms with van der Waals surface area (Å²) in [7, 11) is 0. The van der Waals surface area contributed by atoms with Crippen LogP contribution in [0.3, 0.4) is 0 Å². The highest BCUT2D eigenvalue weighted by atomic mass is 16.5. The number of aliphatic hydroxyl groups is 2. The van der Waals surface area contributed by atoms with Gasteiger partial charge in [0.1, 0.15) is 0 Å². The monoisotopic (exact) mass is 469 g/mol. The average Bonchev–Trinajstić information content (AvgIpc) is 3.25. The number of aryl methyl sites for hydroxylation is 1. The van der Waals surface area contributed by atoms with Crippen molar-refractivity contribution in [2.45, 2.75) is 84.6 Å². The predicted octanol–water partition coefficient (Wildman–Crippen LogP) is 4.45. The highest BCUT2D eigenvalue weighted by Gasteiger charge is 2.43. The molecule has 2 aliphatic rings. The minimum Gasteiger partial charge on any atom is -0.392 e. The van der Waals surface area contributed by atoms with Gasteiger partial charge in [-0.25, -0.2) is 0 Å². The second-order valence-electron chi connectivity index (χ2n) is 10.7. The first-order valence-corrected chi connectivity index (χ1v) is 12.8. The number of hydrogen-bond donors (Lipinski definition) is 2. The summed E-state index contributed by atoms with van der Waals surface area (Å²) >= 11 is 0. The molecule has 1 fully saturated rings. The number of carbonyl (C=O) groups is 1. The summed E-state index contributed by atoms with van der Waals surface area (Å²) in [5, 5.41) is 21.1. The van der Waals surface area contributed by atoms with Crippen LogP contribution in [-0.4, -0.2) is 58.5 Å². The van der Waals surface area contributed by atoms with Gasteiger partial charge in [-0.2, -0.15) is 0 Å². The first kappa shape index (κ1) is 26.7. The molecule has 0 spiro atoms. The number of aliphatic hydroxyl groups excluding tert-OH is 2. The summed E-state index contributed by atoms with van der Waals surface area (Å²) in [5.41, 5.74) is 3.57. The third kappa shape index (κ3) is 7.03. The normalized spacial score (nSPS) is 25.3. The Hall–Kier alpha value is -1.95. The Kier molecular flexibility index (Phi) is 9.52. The summed E-state index contributed by atoms with van der Waals surface area (Å²) in [6, 6.07) is 8.59. The Balaban J connectivity index is 1.45. The SMILES string of the molecule is Cc1cccc(C[C@@H](O)/C=C/[C@@H]2[C@H]3CC(COCCC(=O)N(C(C)C)C(C)C)=C[C@H]3C[C@H]2O)c1. The summed E-state index contributed by atoms with van der Waals surface area (Å²) < 4.78 is 5.86. The molecule has 0 aliphatic heterocycles. The fourth-order valence-corrected chi connectivity index (χ4v) is 5.78. The van der Waals surface area contributed by atoms with Gasteiger partial charge in [0.05, 0.1) is 31.8 Å². The van der Waals surface area contributed by atoms with Crippen molar-refractivity contribution in [3.05, 3.63) is 59.2 Å². The molecular formula is C29H43NO4. The van der Waals surface area contributed by atoms with E-state index in [0.29, 0.717) is 37.9 Å². The zero-order valence-electron chi connectivity index (χ0n) is 21.5. The van der Waals surface area contributed by atoms with Crippen molar-refractivity contribution in [3.63, 3.8) is 0 Å². The molecule has 3 rings (SSSR count). The van der Waals surface area contributed by atoms with Crippen molar-refractivity contribution in [3.8, 4) is 0 Å². The fraction of sp³-hybridized carbons (Fsp3) is 0.621. The van der Waals surface area contributed by atoms with Gasteiger partial charge < -0.3 is 19.8 Å². The van der Waals surface area contributed by atoms with Crippen LogP contribution >= 0.6 is 0 Å². The number of amides is 1. The topological polar surface area (TPSA) is 70.0 Å². The van der Waals surface area contributed by atoms with E-state index in [1.165, 1.54) is 11.1 Å². The van der Waals surface area contributed by atoms with Gasteiger partial charge in [-0.15, -0.1) is 0 Å².